The van der Waals surface area contributed by atoms with Crippen molar-refractivity contribution < 1.29 is 4.74 Å². The van der Waals surface area contributed by atoms with E-state index in [1.807, 2.05) is 6.08 Å². The van der Waals surface area contributed by atoms with Gasteiger partial charge in [-0.05, 0) is 70.5 Å². The highest BCUT2D eigenvalue weighted by Gasteiger charge is 2.27. The molecule has 1 aliphatic rings. The third-order valence-electron chi connectivity index (χ3n) is 5.66. The Hall–Kier alpha value is -1.50. The van der Waals surface area contributed by atoms with Gasteiger partial charge in [0.05, 0.1) is 14.7 Å². The second-order valence-corrected chi connectivity index (χ2v) is 13.7. The second-order valence-electron chi connectivity index (χ2n) is 10.5. The summed E-state index contributed by atoms with van der Waals surface area (Å²) < 4.78 is 6.52. The normalized spacial score (nSPS) is 16.4. The summed E-state index contributed by atoms with van der Waals surface area (Å²) in [5.74, 6) is 7.45. The molecule has 0 heterocycles. The van der Waals surface area contributed by atoms with Crippen LogP contribution in [0.3, 0.4) is 0 Å². The first-order valence-corrected chi connectivity index (χ1v) is 13.4. The lowest BCUT2D eigenvalue weighted by Crippen LogP contribution is -2.38. The third kappa shape index (κ3) is 10.0. The maximum atomic E-state index is 6.52. The molecule has 0 bridgehead atoms. The molecule has 2 rings (SSSR count). The van der Waals surface area contributed by atoms with E-state index in [-0.39, 0.29) is 20.2 Å². The van der Waals surface area contributed by atoms with E-state index in [9.17, 15) is 0 Å². The number of allylic oxidation sites excluding steroid dienone is 1. The Balaban J connectivity index is 1.91. The van der Waals surface area contributed by atoms with Crippen molar-refractivity contribution in [2.75, 3.05) is 13.1 Å². The van der Waals surface area contributed by atoms with Crippen LogP contribution < -0.4 is 4.74 Å². The predicted octanol–water partition coefficient (Wildman–Crippen LogP) is 6.15. The molecule has 0 aliphatic heterocycles. The maximum Gasteiger partial charge on any atom is 0.119 e. The fourth-order valence-corrected chi connectivity index (χ4v) is 6.86. The van der Waals surface area contributed by atoms with E-state index < -0.39 is 0 Å². The van der Waals surface area contributed by atoms with Gasteiger partial charge >= 0.3 is 0 Å². The van der Waals surface area contributed by atoms with Crippen molar-refractivity contribution in [1.29, 1.82) is 0 Å². The minimum absolute atomic E-state index is 0.0273. The Morgan fingerprint density at radius 3 is 2.53 bits per heavy atom. The quantitative estimate of drug-likeness (QED) is 0.347. The van der Waals surface area contributed by atoms with Crippen LogP contribution >= 0.6 is 0 Å². The largest absolute Gasteiger partial charge is 0.492 e. The molecule has 0 spiro atoms. The Kier molecular flexibility index (Phi) is 9.72. The summed E-state index contributed by atoms with van der Waals surface area (Å²) in [5.41, 5.74) is 2.34. The van der Waals surface area contributed by atoms with E-state index >= 15 is 0 Å². The van der Waals surface area contributed by atoms with Gasteiger partial charge in [-0.3, -0.25) is 4.90 Å². The van der Waals surface area contributed by atoms with Crippen LogP contribution in [0, 0.1) is 17.3 Å². The summed E-state index contributed by atoms with van der Waals surface area (Å²) in [6.45, 7) is 16.1. The van der Waals surface area contributed by atoms with E-state index in [0.29, 0.717) is 0 Å². The predicted molar refractivity (Wildman–Crippen MR) is 134 cm³/mol. The first-order valence-electron chi connectivity index (χ1n) is 11.8. The van der Waals surface area contributed by atoms with Crippen LogP contribution in [0.5, 0.6) is 5.75 Å². The lowest BCUT2D eigenvalue weighted by atomic mass is 9.98. The number of ether oxygens (including phenoxy) is 1. The van der Waals surface area contributed by atoms with Crippen molar-refractivity contribution in [3.63, 3.8) is 0 Å². The van der Waals surface area contributed by atoms with Crippen LogP contribution in [-0.4, -0.2) is 32.7 Å². The lowest BCUT2D eigenvalue weighted by molar-refractivity contribution is 0.190. The molecule has 1 aromatic carbocycles. The number of hydrogen-bond acceptors (Lipinski definition) is 2. The molecule has 0 amide bonds. The van der Waals surface area contributed by atoms with Gasteiger partial charge in [0.2, 0.25) is 0 Å². The first kappa shape index (κ1) is 24.8. The molecule has 0 radical (unpaired) electrons. The van der Waals surface area contributed by atoms with Crippen LogP contribution in [0.2, 0.25) is 5.54 Å². The molecule has 1 aromatic rings. The van der Waals surface area contributed by atoms with Crippen molar-refractivity contribution in [2.45, 2.75) is 91.0 Å². The fraction of sp³-hybridized carbons (Fsp3) is 0.630. The minimum atomic E-state index is -0.270. The summed E-state index contributed by atoms with van der Waals surface area (Å²) in [5, 5.41) is 0.0273. The van der Waals surface area contributed by atoms with Crippen LogP contribution in [-0.2, 0) is 6.54 Å². The number of hydrogen-bond donors (Lipinski definition) is 0. The molecule has 1 aliphatic carbocycles. The highest BCUT2D eigenvalue weighted by atomic mass is 28.2. The summed E-state index contributed by atoms with van der Waals surface area (Å²) >= 11 is 0. The van der Waals surface area contributed by atoms with Gasteiger partial charge in [-0.15, -0.1) is 0 Å². The molecule has 0 N–H and O–H groups in total. The fourth-order valence-electron chi connectivity index (χ4n) is 4.24. The monoisotopic (exact) mass is 425 g/mol. The molecular weight excluding hydrogens is 382 g/mol. The van der Waals surface area contributed by atoms with E-state index in [1.54, 1.807) is 0 Å². The van der Waals surface area contributed by atoms with Gasteiger partial charge < -0.3 is 4.74 Å². The molecule has 166 valence electrons. The molecule has 2 nitrogen and oxygen atoms in total. The van der Waals surface area contributed by atoms with E-state index in [0.717, 1.165) is 30.9 Å². The molecule has 1 saturated carbocycles. The Bertz CT molecular complexity index is 729. The Morgan fingerprint density at radius 2 is 1.87 bits per heavy atom. The van der Waals surface area contributed by atoms with E-state index in [4.69, 9.17) is 4.74 Å². The zero-order valence-electron chi connectivity index (χ0n) is 20.3. The summed E-state index contributed by atoms with van der Waals surface area (Å²) in [6, 6.07) is 8.72. The van der Waals surface area contributed by atoms with Crippen molar-refractivity contribution in [3.05, 3.63) is 42.0 Å². The molecule has 0 saturated heterocycles. The number of rotatable bonds is 9. The van der Waals surface area contributed by atoms with Gasteiger partial charge in [-0.1, -0.05) is 69.1 Å². The SMILES string of the molecule is CCN(C/C=C/C#CC(C)(C)C)Cc1cccc(OC(C)(C)[SiH2]C2CCCCC2)c1. The number of likely N-dealkylation sites (N-methyl/N-ethyl adjacent to an activating group) is 1. The molecule has 3 heteroatoms. The van der Waals surface area contributed by atoms with E-state index in [2.05, 4.69) is 88.6 Å². The molecule has 1 fully saturated rings. The number of nitrogens with zero attached hydrogens (tertiary/aromatic N) is 1. The molecule has 0 aromatic heterocycles. The average molecular weight is 426 g/mol. The maximum absolute atomic E-state index is 6.52. The van der Waals surface area contributed by atoms with Crippen molar-refractivity contribution in [2.24, 2.45) is 5.41 Å². The van der Waals surface area contributed by atoms with Gasteiger partial charge in [0, 0.05) is 18.5 Å². The number of benzene rings is 1. The zero-order chi connectivity index (χ0) is 22.0. The molecular formula is C27H43NOSi. The van der Waals surface area contributed by atoms with Crippen molar-refractivity contribution in [1.82, 2.24) is 4.90 Å². The highest BCUT2D eigenvalue weighted by molar-refractivity contribution is 6.41. The van der Waals surface area contributed by atoms with Gasteiger partial charge in [0.15, 0.2) is 0 Å². The third-order valence-corrected chi connectivity index (χ3v) is 8.18. The summed E-state index contributed by atoms with van der Waals surface area (Å²) in [6.07, 6.45) is 11.3. The molecule has 30 heavy (non-hydrogen) atoms. The smallest absolute Gasteiger partial charge is 0.119 e. The van der Waals surface area contributed by atoms with Gasteiger partial charge in [-0.2, -0.15) is 0 Å². The van der Waals surface area contributed by atoms with Gasteiger partial charge in [-0.25, -0.2) is 0 Å². The standard InChI is InChI=1S/C27H43NOSi/c1-7-28(20-13-9-12-19-26(2,3)4)22-23-15-14-16-24(21-23)29-27(5,6)30-25-17-10-8-11-18-25/h9,13-16,21,25H,7-8,10-11,17-18,20,22,30H2,1-6H3/b13-9+. The first-order chi connectivity index (χ1) is 14.2. The molecule has 0 unspecified atom stereocenters. The average Bonchev–Trinajstić information content (AvgIpc) is 2.66. The minimum Gasteiger partial charge on any atom is -0.492 e. The summed E-state index contributed by atoms with van der Waals surface area (Å²) in [4.78, 5) is 2.43. The van der Waals surface area contributed by atoms with Crippen molar-refractivity contribution in [3.8, 4) is 17.6 Å². The van der Waals surface area contributed by atoms with Crippen LogP contribution in [0.1, 0.15) is 79.2 Å². The second kappa shape index (κ2) is 11.8. The topological polar surface area (TPSA) is 12.5 Å². The van der Waals surface area contributed by atoms with Crippen molar-refractivity contribution >= 4 is 9.52 Å². The van der Waals surface area contributed by atoms with Crippen LogP contribution in [0.4, 0.5) is 0 Å². The Labute approximate surface area is 188 Å². The van der Waals surface area contributed by atoms with Crippen LogP contribution in [0.15, 0.2) is 36.4 Å². The lowest BCUT2D eigenvalue weighted by Gasteiger charge is -2.32. The molecule has 0 atom stereocenters. The van der Waals surface area contributed by atoms with Crippen LogP contribution in [0.25, 0.3) is 0 Å². The van der Waals surface area contributed by atoms with E-state index in [1.165, 1.54) is 37.7 Å². The van der Waals surface area contributed by atoms with Gasteiger partial charge in [0.1, 0.15) is 5.75 Å². The summed E-state index contributed by atoms with van der Waals surface area (Å²) in [7, 11) is -0.270. The Morgan fingerprint density at radius 1 is 1.13 bits per heavy atom. The highest BCUT2D eigenvalue weighted by Crippen LogP contribution is 2.31. The zero-order valence-corrected chi connectivity index (χ0v) is 21.7. The van der Waals surface area contributed by atoms with Gasteiger partial charge in [0.25, 0.3) is 0 Å².